The molecule has 2 aliphatic heterocycles. The van der Waals surface area contributed by atoms with Gasteiger partial charge in [0.15, 0.2) is 5.78 Å². The van der Waals surface area contributed by atoms with Crippen LogP contribution < -0.4 is 10.2 Å². The molecule has 1 saturated carbocycles. The molecule has 0 atom stereocenters. The molecule has 172 valence electrons. The fraction of sp³-hybridized carbons (Fsp3) is 0.321. The van der Waals surface area contributed by atoms with Crippen molar-refractivity contribution in [2.24, 2.45) is 5.92 Å². The Labute approximate surface area is 203 Å². The van der Waals surface area contributed by atoms with Crippen molar-refractivity contribution in [3.63, 3.8) is 0 Å². The second-order valence-electron chi connectivity index (χ2n) is 9.35. The second kappa shape index (κ2) is 8.93. The van der Waals surface area contributed by atoms with Crippen LogP contribution in [0.4, 0.5) is 5.69 Å². The molecule has 0 saturated heterocycles. The van der Waals surface area contributed by atoms with Gasteiger partial charge in [0.2, 0.25) is 0 Å². The lowest BCUT2D eigenvalue weighted by atomic mass is 10.0. The fourth-order valence-electron chi connectivity index (χ4n) is 4.86. The first-order chi connectivity index (χ1) is 16.7. The Morgan fingerprint density at radius 3 is 2.79 bits per heavy atom. The van der Waals surface area contributed by atoms with Crippen LogP contribution in [0.3, 0.4) is 0 Å². The molecule has 0 unspecified atom stereocenters. The second-order valence-corrected chi connectivity index (χ2v) is 10.4. The van der Waals surface area contributed by atoms with E-state index in [9.17, 15) is 9.59 Å². The van der Waals surface area contributed by atoms with Crippen LogP contribution in [-0.4, -0.2) is 36.3 Å². The number of benzene rings is 1. The van der Waals surface area contributed by atoms with Crippen molar-refractivity contribution in [2.75, 3.05) is 24.5 Å². The summed E-state index contributed by atoms with van der Waals surface area (Å²) in [6, 6.07) is 15.8. The number of rotatable bonds is 5. The van der Waals surface area contributed by atoms with Crippen LogP contribution in [0.5, 0.6) is 0 Å². The molecule has 1 amide bonds. The SMILES string of the molecule is O=C(CC1CC1)c1cc2c(s1)-c1ccccc1N(C(=O)c1cccc(C3=CCNCC3)n1)CC2. The van der Waals surface area contributed by atoms with Crippen molar-refractivity contribution >= 4 is 34.3 Å². The molecule has 0 radical (unpaired) electrons. The van der Waals surface area contributed by atoms with Crippen molar-refractivity contribution in [2.45, 2.75) is 32.1 Å². The molecule has 1 N–H and O–H groups in total. The van der Waals surface area contributed by atoms with E-state index in [-0.39, 0.29) is 11.7 Å². The zero-order valence-electron chi connectivity index (χ0n) is 19.0. The smallest absolute Gasteiger partial charge is 0.276 e. The van der Waals surface area contributed by atoms with Crippen LogP contribution in [-0.2, 0) is 6.42 Å². The fourth-order valence-corrected chi connectivity index (χ4v) is 6.05. The van der Waals surface area contributed by atoms with Gasteiger partial charge in [-0.2, -0.15) is 0 Å². The Balaban J connectivity index is 1.32. The molecule has 1 aliphatic carbocycles. The van der Waals surface area contributed by atoms with E-state index < -0.39 is 0 Å². The number of ketones is 1. The highest BCUT2D eigenvalue weighted by molar-refractivity contribution is 7.17. The molecule has 5 nitrogen and oxygen atoms in total. The third-order valence-electron chi connectivity index (χ3n) is 6.91. The number of pyridine rings is 1. The summed E-state index contributed by atoms with van der Waals surface area (Å²) in [7, 11) is 0. The first-order valence-corrected chi connectivity index (χ1v) is 12.9. The van der Waals surface area contributed by atoms with E-state index in [0.29, 0.717) is 24.6 Å². The maximum absolute atomic E-state index is 13.7. The predicted octanol–water partition coefficient (Wildman–Crippen LogP) is 5.37. The lowest BCUT2D eigenvalue weighted by Crippen LogP contribution is -2.33. The highest BCUT2D eigenvalue weighted by Crippen LogP contribution is 2.43. The van der Waals surface area contributed by atoms with Gasteiger partial charge >= 0.3 is 0 Å². The molecular formula is C28H27N3O2S. The van der Waals surface area contributed by atoms with Crippen LogP contribution in [0.1, 0.15) is 57.1 Å². The highest BCUT2D eigenvalue weighted by Gasteiger charge is 2.30. The van der Waals surface area contributed by atoms with Crippen LogP contribution >= 0.6 is 11.3 Å². The van der Waals surface area contributed by atoms with Gasteiger partial charge in [0.05, 0.1) is 16.3 Å². The molecule has 0 spiro atoms. The van der Waals surface area contributed by atoms with E-state index >= 15 is 0 Å². The maximum Gasteiger partial charge on any atom is 0.276 e. The molecule has 34 heavy (non-hydrogen) atoms. The molecule has 1 fully saturated rings. The Morgan fingerprint density at radius 2 is 1.97 bits per heavy atom. The van der Waals surface area contributed by atoms with Gasteiger partial charge in [0.25, 0.3) is 5.91 Å². The van der Waals surface area contributed by atoms with E-state index in [2.05, 4.69) is 23.5 Å². The Morgan fingerprint density at radius 1 is 1.09 bits per heavy atom. The number of hydrogen-bond donors (Lipinski definition) is 1. The zero-order valence-corrected chi connectivity index (χ0v) is 19.9. The van der Waals surface area contributed by atoms with Crippen molar-refractivity contribution in [1.29, 1.82) is 0 Å². The van der Waals surface area contributed by atoms with Gasteiger partial charge in [-0.3, -0.25) is 9.59 Å². The van der Waals surface area contributed by atoms with Crippen LogP contribution in [0.15, 0.2) is 54.6 Å². The monoisotopic (exact) mass is 469 g/mol. The molecular weight excluding hydrogens is 442 g/mol. The van der Waals surface area contributed by atoms with Gasteiger partial charge in [0, 0.05) is 30.0 Å². The number of nitrogens with one attached hydrogen (secondary N) is 1. The minimum absolute atomic E-state index is 0.0796. The van der Waals surface area contributed by atoms with E-state index in [1.807, 2.05) is 41.3 Å². The Bertz CT molecular complexity index is 1300. The van der Waals surface area contributed by atoms with Gasteiger partial charge < -0.3 is 10.2 Å². The summed E-state index contributed by atoms with van der Waals surface area (Å²) in [5, 5.41) is 3.32. The zero-order chi connectivity index (χ0) is 23.1. The summed E-state index contributed by atoms with van der Waals surface area (Å²) in [6.45, 7) is 2.33. The number of carbonyl (C=O) groups excluding carboxylic acids is 2. The number of aromatic nitrogens is 1. The summed E-state index contributed by atoms with van der Waals surface area (Å²) in [5.41, 5.74) is 5.62. The average Bonchev–Trinajstić information content (AvgIpc) is 3.63. The highest BCUT2D eigenvalue weighted by atomic mass is 32.1. The summed E-state index contributed by atoms with van der Waals surface area (Å²) >= 11 is 1.58. The molecule has 1 aromatic carbocycles. The molecule has 6 heteroatoms. The third-order valence-corrected chi connectivity index (χ3v) is 8.16. The Kier molecular flexibility index (Phi) is 5.63. The molecule has 3 aliphatic rings. The van der Waals surface area contributed by atoms with E-state index in [4.69, 9.17) is 4.98 Å². The number of fused-ring (bicyclic) bond motifs is 3. The lowest BCUT2D eigenvalue weighted by molar-refractivity contribution is 0.0972. The van der Waals surface area contributed by atoms with Gasteiger partial charge in [-0.15, -0.1) is 11.3 Å². The number of carbonyl (C=O) groups is 2. The lowest BCUT2D eigenvalue weighted by Gasteiger charge is -2.23. The number of thiophene rings is 1. The summed E-state index contributed by atoms with van der Waals surface area (Å²) in [5.74, 6) is 0.766. The molecule has 4 heterocycles. The normalized spacial score (nSPS) is 17.4. The summed E-state index contributed by atoms with van der Waals surface area (Å²) in [4.78, 5) is 35.1. The van der Waals surface area contributed by atoms with Crippen molar-refractivity contribution in [3.05, 3.63) is 76.4 Å². The van der Waals surface area contributed by atoms with Gasteiger partial charge in [-0.05, 0) is 73.5 Å². The largest absolute Gasteiger partial charge is 0.313 e. The first-order valence-electron chi connectivity index (χ1n) is 12.1. The standard InChI is InChI=1S/C28H27N3O2S/c32-25(16-18-8-9-18)26-17-20-12-15-31(24-7-2-1-4-21(24)27(20)34-26)28(33)23-6-3-5-22(30-23)19-10-13-29-14-11-19/h1-7,10,17-18,29H,8-9,11-16H2. The number of anilines is 1. The maximum atomic E-state index is 13.7. The van der Waals surface area contributed by atoms with Crippen LogP contribution in [0.2, 0.25) is 0 Å². The van der Waals surface area contributed by atoms with Crippen LogP contribution in [0.25, 0.3) is 16.0 Å². The van der Waals surface area contributed by atoms with Crippen molar-refractivity contribution < 1.29 is 9.59 Å². The minimum Gasteiger partial charge on any atom is -0.313 e. The van der Waals surface area contributed by atoms with E-state index in [1.54, 1.807) is 11.3 Å². The van der Waals surface area contributed by atoms with Crippen molar-refractivity contribution in [3.8, 4) is 10.4 Å². The van der Waals surface area contributed by atoms with Gasteiger partial charge in [-0.25, -0.2) is 4.98 Å². The first kappa shape index (κ1) is 21.4. The average molecular weight is 470 g/mol. The van der Waals surface area contributed by atoms with Crippen molar-refractivity contribution in [1.82, 2.24) is 10.3 Å². The van der Waals surface area contributed by atoms with E-state index in [1.165, 1.54) is 18.4 Å². The number of hydrogen-bond acceptors (Lipinski definition) is 5. The molecule has 3 aromatic rings. The topological polar surface area (TPSA) is 62.3 Å². The number of Topliss-reactive ketones (excluding diaryl/α,β-unsaturated/α-hetero) is 1. The summed E-state index contributed by atoms with van der Waals surface area (Å²) in [6.07, 6.45) is 6.82. The number of para-hydroxylation sites is 1. The summed E-state index contributed by atoms with van der Waals surface area (Å²) < 4.78 is 0. The Hall–Kier alpha value is -3.09. The minimum atomic E-state index is -0.0796. The molecule has 2 aromatic heterocycles. The van der Waals surface area contributed by atoms with Crippen LogP contribution in [0, 0.1) is 5.92 Å². The quantitative estimate of drug-likeness (QED) is 0.510. The predicted molar refractivity (Wildman–Crippen MR) is 137 cm³/mol. The molecule has 6 rings (SSSR count). The van der Waals surface area contributed by atoms with E-state index in [0.717, 1.165) is 58.2 Å². The van der Waals surface area contributed by atoms with Gasteiger partial charge in [0.1, 0.15) is 5.69 Å². The third kappa shape index (κ3) is 4.12. The van der Waals surface area contributed by atoms with Gasteiger partial charge in [-0.1, -0.05) is 30.3 Å². The number of nitrogens with zero attached hydrogens (tertiary/aromatic N) is 2. The molecule has 0 bridgehead atoms. The number of amides is 1.